The molecule has 21 heteroatoms. The van der Waals surface area contributed by atoms with E-state index in [9.17, 15) is 29.1 Å². The van der Waals surface area contributed by atoms with E-state index in [4.69, 9.17) is 34.0 Å². The highest BCUT2D eigenvalue weighted by atomic mass is 32.2. The summed E-state index contributed by atoms with van der Waals surface area (Å²) in [6.45, 7) is 10.5. The zero-order valence-corrected chi connectivity index (χ0v) is 33.7. The van der Waals surface area contributed by atoms with Crippen LogP contribution in [0, 0.1) is 23.7 Å². The van der Waals surface area contributed by atoms with Crippen molar-refractivity contribution in [1.29, 1.82) is 0 Å². The minimum Gasteiger partial charge on any atom is -0.458 e. The number of benzene rings is 2. The molecule has 3 fully saturated rings. The molecule has 14 atom stereocenters. The maximum atomic E-state index is 13.8. The predicted octanol–water partition coefficient (Wildman–Crippen LogP) is 6.35. The summed E-state index contributed by atoms with van der Waals surface area (Å²) in [5.41, 5.74) is 28.8. The number of ether oxygens (including phenoxy) is 6. The van der Waals surface area contributed by atoms with E-state index in [1.165, 1.54) is 24.3 Å². The van der Waals surface area contributed by atoms with Gasteiger partial charge in [-0.1, -0.05) is 86.4 Å². The standard InChI is InChI=1S/C37H48N10O10S/c1-19(2)30-21(4)20(3)29(43-47-40)36(55-30)56-32-26(42-46-39)17-27(44-58(50,51)25-15-11-8-12-16-25)33(52-23(6)48)34(32)57-37-31(22(5)28(53-37)18-41-45-38)54-35(49)24-13-9-7-10-14-24/h7-16,19-22,26-34,36-37,44H,17-18H2,1-6H3/t20-,21-,22-,26?,27+,28+,29?,30?,31?,32+,33?,34-,36+,37-/m0/s1. The second kappa shape index (κ2) is 19.7. The Morgan fingerprint density at radius 1 is 0.810 bits per heavy atom. The van der Waals surface area contributed by atoms with Gasteiger partial charge >= 0.3 is 11.9 Å². The molecule has 2 aliphatic heterocycles. The molecule has 0 aromatic heterocycles. The molecule has 1 aliphatic carbocycles. The van der Waals surface area contributed by atoms with Crippen LogP contribution in [-0.2, 0) is 43.2 Å². The number of hydrogen-bond acceptors (Lipinski definition) is 13. The molecule has 3 aliphatic rings. The van der Waals surface area contributed by atoms with Gasteiger partial charge in [0, 0.05) is 27.6 Å². The first kappa shape index (κ1) is 44.2. The summed E-state index contributed by atoms with van der Waals surface area (Å²) in [6, 6.07) is 12.2. The summed E-state index contributed by atoms with van der Waals surface area (Å²) in [4.78, 5) is 35.2. The first-order chi connectivity index (χ1) is 27.7. The Kier molecular flexibility index (Phi) is 15.0. The van der Waals surface area contributed by atoms with Crippen LogP contribution in [0.2, 0.25) is 0 Å². The molecule has 2 aromatic rings. The van der Waals surface area contributed by atoms with Crippen molar-refractivity contribution in [2.24, 2.45) is 39.0 Å². The number of carbonyl (C=O) groups is 2. The van der Waals surface area contributed by atoms with E-state index in [-0.39, 0.29) is 47.3 Å². The Morgan fingerprint density at radius 2 is 1.45 bits per heavy atom. The molecule has 5 unspecified atom stereocenters. The highest BCUT2D eigenvalue weighted by Gasteiger charge is 2.55. The van der Waals surface area contributed by atoms with Crippen LogP contribution in [0.25, 0.3) is 31.3 Å². The fourth-order valence-corrected chi connectivity index (χ4v) is 9.09. The molecule has 58 heavy (non-hydrogen) atoms. The Hall–Kier alpha value is -4.94. The third-order valence-corrected chi connectivity index (χ3v) is 12.4. The zero-order valence-electron chi connectivity index (χ0n) is 32.9. The first-order valence-electron chi connectivity index (χ1n) is 18.9. The number of carbonyl (C=O) groups excluding carboxylic acids is 2. The second-order valence-corrected chi connectivity index (χ2v) is 16.7. The third-order valence-electron chi connectivity index (χ3n) is 10.9. The smallest absolute Gasteiger partial charge is 0.338 e. The largest absolute Gasteiger partial charge is 0.458 e. The van der Waals surface area contributed by atoms with E-state index in [0.29, 0.717) is 0 Å². The van der Waals surface area contributed by atoms with Crippen molar-refractivity contribution in [2.75, 3.05) is 6.54 Å². The fraction of sp³-hybridized carbons (Fsp3) is 0.622. The van der Waals surface area contributed by atoms with Crippen LogP contribution < -0.4 is 4.72 Å². The van der Waals surface area contributed by atoms with E-state index < -0.39 is 89.1 Å². The van der Waals surface area contributed by atoms with Crippen LogP contribution in [0.1, 0.15) is 58.3 Å². The molecule has 0 bridgehead atoms. The third kappa shape index (κ3) is 10.2. The van der Waals surface area contributed by atoms with Crippen molar-refractivity contribution in [3.05, 3.63) is 97.6 Å². The zero-order chi connectivity index (χ0) is 42.1. The Balaban J connectivity index is 1.63. The van der Waals surface area contributed by atoms with Gasteiger partial charge < -0.3 is 28.4 Å². The molecule has 1 N–H and O–H groups in total. The number of sulfonamides is 1. The van der Waals surface area contributed by atoms with E-state index >= 15 is 0 Å². The quantitative estimate of drug-likeness (QED) is 0.0899. The summed E-state index contributed by atoms with van der Waals surface area (Å²) in [7, 11) is -4.29. The van der Waals surface area contributed by atoms with Gasteiger partial charge in [0.1, 0.15) is 12.2 Å². The lowest BCUT2D eigenvalue weighted by atomic mass is 9.78. The van der Waals surface area contributed by atoms with Crippen LogP contribution in [0.4, 0.5) is 0 Å². The average Bonchev–Trinajstić information content (AvgIpc) is 3.48. The van der Waals surface area contributed by atoms with Crippen molar-refractivity contribution in [2.45, 2.75) is 120 Å². The highest BCUT2D eigenvalue weighted by molar-refractivity contribution is 7.89. The number of nitrogens with zero attached hydrogens (tertiary/aromatic N) is 9. The average molecular weight is 825 g/mol. The van der Waals surface area contributed by atoms with E-state index in [1.54, 1.807) is 43.3 Å². The normalized spacial score (nSPS) is 33.5. The molecule has 1 saturated carbocycles. The van der Waals surface area contributed by atoms with Crippen LogP contribution in [0.15, 0.2) is 80.9 Å². The molecule has 2 heterocycles. The lowest BCUT2D eigenvalue weighted by Gasteiger charge is -2.49. The van der Waals surface area contributed by atoms with Gasteiger partial charge in [0.2, 0.25) is 10.0 Å². The van der Waals surface area contributed by atoms with Gasteiger partial charge in [-0.25, -0.2) is 17.9 Å². The maximum Gasteiger partial charge on any atom is 0.338 e. The topological polar surface area (TPSA) is 282 Å². The SMILES string of the molecule is CC(=O)OC1[C@@H](O[C@@H]2O[C@H](CN=[N+]=[N-])[C@H](C)C2OC(=O)c2ccccc2)[C@H](O[C@H]2OC(C(C)C)[C@@H](C)[C@H](C)C2N=[N+]=[N-])C(N=[N+]=[N-])C[C@H]1NS(=O)(=O)c1ccccc1. The van der Waals surface area contributed by atoms with Gasteiger partial charge in [-0.05, 0) is 65.0 Å². The van der Waals surface area contributed by atoms with Crippen LogP contribution in [0.3, 0.4) is 0 Å². The molecular weight excluding hydrogens is 777 g/mol. The van der Waals surface area contributed by atoms with Crippen molar-refractivity contribution >= 4 is 22.0 Å². The molecule has 0 amide bonds. The number of azide groups is 3. The van der Waals surface area contributed by atoms with Gasteiger partial charge in [0.25, 0.3) is 0 Å². The number of rotatable bonds is 15. The van der Waals surface area contributed by atoms with Gasteiger partial charge in [-0.3, -0.25) is 4.79 Å². The van der Waals surface area contributed by atoms with Gasteiger partial charge in [-0.2, -0.15) is 0 Å². The number of hydrogen-bond donors (Lipinski definition) is 1. The van der Waals surface area contributed by atoms with Crippen LogP contribution >= 0.6 is 0 Å². The fourth-order valence-electron chi connectivity index (χ4n) is 7.81. The van der Waals surface area contributed by atoms with Crippen LogP contribution in [0.5, 0.6) is 0 Å². The first-order valence-corrected chi connectivity index (χ1v) is 20.4. The molecule has 312 valence electrons. The Labute approximate surface area is 335 Å². The molecule has 0 radical (unpaired) electrons. The summed E-state index contributed by atoms with van der Waals surface area (Å²) in [6.07, 6.45) is -9.76. The Morgan fingerprint density at radius 3 is 2.05 bits per heavy atom. The van der Waals surface area contributed by atoms with Gasteiger partial charge in [-0.15, -0.1) is 0 Å². The van der Waals surface area contributed by atoms with Crippen molar-refractivity contribution in [3.63, 3.8) is 0 Å². The molecular formula is C37H48N10O10S. The van der Waals surface area contributed by atoms with Crippen molar-refractivity contribution in [3.8, 4) is 0 Å². The summed E-state index contributed by atoms with van der Waals surface area (Å²) >= 11 is 0. The molecule has 5 rings (SSSR count). The molecule has 2 saturated heterocycles. The minimum atomic E-state index is -4.29. The predicted molar refractivity (Wildman–Crippen MR) is 206 cm³/mol. The van der Waals surface area contributed by atoms with E-state index in [0.717, 1.165) is 6.92 Å². The summed E-state index contributed by atoms with van der Waals surface area (Å²) in [5, 5.41) is 11.7. The summed E-state index contributed by atoms with van der Waals surface area (Å²) < 4.78 is 68.2. The van der Waals surface area contributed by atoms with E-state index in [1.807, 2.05) is 27.7 Å². The van der Waals surface area contributed by atoms with E-state index in [2.05, 4.69) is 34.8 Å². The van der Waals surface area contributed by atoms with Gasteiger partial charge in [0.15, 0.2) is 18.7 Å². The lowest BCUT2D eigenvalue weighted by Crippen LogP contribution is -2.65. The number of nitrogens with one attached hydrogen (secondary N) is 1. The summed E-state index contributed by atoms with van der Waals surface area (Å²) in [5.74, 6) is -2.52. The maximum absolute atomic E-state index is 13.8. The molecule has 2 aromatic carbocycles. The highest BCUT2D eigenvalue weighted by Crippen LogP contribution is 2.41. The number of esters is 2. The molecule has 0 spiro atoms. The minimum absolute atomic E-state index is 0.00565. The van der Waals surface area contributed by atoms with Crippen molar-refractivity contribution in [1.82, 2.24) is 4.72 Å². The second-order valence-electron chi connectivity index (χ2n) is 15.0. The Bertz CT molecular complexity index is 2000. The lowest BCUT2D eigenvalue weighted by molar-refractivity contribution is -0.301. The van der Waals surface area contributed by atoms with Crippen molar-refractivity contribution < 1.29 is 46.4 Å². The van der Waals surface area contributed by atoms with Gasteiger partial charge in [0.05, 0.1) is 53.4 Å². The monoisotopic (exact) mass is 824 g/mol. The molecule has 20 nitrogen and oxygen atoms in total. The van der Waals surface area contributed by atoms with Crippen LogP contribution in [-0.4, -0.2) is 94.2 Å².